The van der Waals surface area contributed by atoms with E-state index in [4.69, 9.17) is 4.65 Å². The fourth-order valence-corrected chi connectivity index (χ4v) is 7.69. The molecule has 0 atom stereocenters. The Balaban J connectivity index is 1.31. The minimum Gasteiger partial charge on any atom is -0.551 e. The molecule has 7 aromatic rings. The lowest BCUT2D eigenvalue weighted by Crippen LogP contribution is -2.50. The Morgan fingerprint density at radius 3 is 1.61 bits per heavy atom. The van der Waals surface area contributed by atoms with Crippen molar-refractivity contribution in [3.8, 4) is 16.9 Å². The second-order valence-electron chi connectivity index (χ2n) is 12.0. The molecule has 46 heavy (non-hydrogen) atoms. The van der Waals surface area contributed by atoms with Crippen LogP contribution in [0.4, 0.5) is 17.1 Å². The van der Waals surface area contributed by atoms with Gasteiger partial charge in [0.15, 0.2) is 0 Å². The highest BCUT2D eigenvalue weighted by Crippen LogP contribution is 2.57. The molecule has 0 unspecified atom stereocenters. The van der Waals surface area contributed by atoms with Crippen LogP contribution in [0.3, 0.4) is 0 Å². The highest BCUT2D eigenvalue weighted by molar-refractivity contribution is 6.82. The van der Waals surface area contributed by atoms with Gasteiger partial charge < -0.3 is 9.55 Å². The highest BCUT2D eigenvalue weighted by Gasteiger charge is 2.46. The Labute approximate surface area is 270 Å². The number of hydrogen-bond donors (Lipinski definition) is 0. The predicted octanol–water partition coefficient (Wildman–Crippen LogP) is 9.02. The number of fused-ring (bicyclic) bond motifs is 5. The standard InChI is InChI=1S/C43H30BNO/c1-4-16-31(17-5-1)43(32-18-6-2-7-19-32)37-23-11-13-25-40(37)45(41-26-14-12-24-38(41)43)34-28-29-39-36(30-34)35-22-10-15-27-42(35)46-44(39)33-20-8-3-9-21-33/h1-30H. The smallest absolute Gasteiger partial charge is 0.427 e. The fourth-order valence-electron chi connectivity index (χ4n) is 7.69. The van der Waals surface area contributed by atoms with Crippen molar-refractivity contribution in [2.24, 2.45) is 0 Å². The lowest BCUT2D eigenvalue weighted by molar-refractivity contribution is 0.590. The molecule has 0 aromatic heterocycles. The molecule has 2 aliphatic rings. The summed E-state index contributed by atoms with van der Waals surface area (Å²) >= 11 is 0. The molecule has 0 aliphatic carbocycles. The quantitative estimate of drug-likeness (QED) is 0.191. The van der Waals surface area contributed by atoms with Crippen LogP contribution in [0.15, 0.2) is 182 Å². The van der Waals surface area contributed by atoms with E-state index in [-0.39, 0.29) is 6.92 Å². The minimum atomic E-state index is -0.487. The maximum absolute atomic E-state index is 6.65. The first-order chi connectivity index (χ1) is 22.8. The van der Waals surface area contributed by atoms with Crippen LogP contribution < -0.4 is 20.5 Å². The first-order valence-electron chi connectivity index (χ1n) is 15.9. The van der Waals surface area contributed by atoms with Crippen LogP contribution in [0.25, 0.3) is 11.1 Å². The van der Waals surface area contributed by atoms with E-state index in [1.165, 1.54) is 44.7 Å². The number of anilines is 3. The predicted molar refractivity (Wildman–Crippen MR) is 191 cm³/mol. The fraction of sp³-hybridized carbons (Fsp3) is 0.0233. The summed E-state index contributed by atoms with van der Waals surface area (Å²) in [5.41, 5.74) is 12.7. The Bertz CT molecular complexity index is 2110. The van der Waals surface area contributed by atoms with E-state index in [9.17, 15) is 0 Å². The average molecular weight is 588 g/mol. The number of benzene rings is 7. The van der Waals surface area contributed by atoms with Crippen LogP contribution in [0.1, 0.15) is 22.3 Å². The summed E-state index contributed by atoms with van der Waals surface area (Å²) in [6.07, 6.45) is 0. The molecule has 0 N–H and O–H groups in total. The third-order valence-corrected chi connectivity index (χ3v) is 9.61. The van der Waals surface area contributed by atoms with Crippen molar-refractivity contribution in [1.29, 1.82) is 0 Å². The maximum Gasteiger partial charge on any atom is 0.427 e. The third kappa shape index (κ3) is 3.92. The van der Waals surface area contributed by atoms with E-state index in [0.29, 0.717) is 0 Å². The summed E-state index contributed by atoms with van der Waals surface area (Å²) in [4.78, 5) is 2.45. The zero-order valence-corrected chi connectivity index (χ0v) is 25.3. The average Bonchev–Trinajstić information content (AvgIpc) is 3.14. The van der Waals surface area contributed by atoms with Gasteiger partial charge in [-0.1, -0.05) is 152 Å². The van der Waals surface area contributed by atoms with Gasteiger partial charge in [0, 0.05) is 11.3 Å². The molecule has 0 saturated heterocycles. The summed E-state index contributed by atoms with van der Waals surface area (Å²) in [7, 11) is 0. The largest absolute Gasteiger partial charge is 0.551 e. The topological polar surface area (TPSA) is 12.5 Å². The summed E-state index contributed by atoms with van der Waals surface area (Å²) in [5.74, 6) is 0.910. The molecule has 3 heteroatoms. The molecule has 9 rings (SSSR count). The Kier molecular flexibility index (Phi) is 6.17. The van der Waals surface area contributed by atoms with Crippen molar-refractivity contribution in [3.05, 3.63) is 204 Å². The molecule has 0 saturated carbocycles. The van der Waals surface area contributed by atoms with E-state index in [1.807, 2.05) is 0 Å². The van der Waals surface area contributed by atoms with Gasteiger partial charge in [0.25, 0.3) is 0 Å². The van der Waals surface area contributed by atoms with Gasteiger partial charge >= 0.3 is 6.92 Å². The molecule has 2 heterocycles. The first-order valence-corrected chi connectivity index (χ1v) is 15.9. The molecule has 0 spiro atoms. The number of para-hydroxylation sites is 3. The lowest BCUT2D eigenvalue weighted by Gasteiger charge is -2.46. The SMILES string of the molecule is c1ccc(B2Oc3ccccc3-c3cc(N4c5ccccc5C(c5ccccc5)(c5ccccc5)c5ccccc54)ccc32)cc1. The highest BCUT2D eigenvalue weighted by atomic mass is 16.4. The molecule has 0 radical (unpaired) electrons. The molecule has 0 amide bonds. The van der Waals surface area contributed by atoms with E-state index in [1.54, 1.807) is 0 Å². The van der Waals surface area contributed by atoms with Crippen molar-refractivity contribution >= 4 is 34.9 Å². The minimum absolute atomic E-state index is 0.176. The van der Waals surface area contributed by atoms with Gasteiger partial charge in [-0.25, -0.2) is 0 Å². The molecular weight excluding hydrogens is 557 g/mol. The van der Waals surface area contributed by atoms with E-state index in [0.717, 1.165) is 22.5 Å². The van der Waals surface area contributed by atoms with Crippen molar-refractivity contribution in [3.63, 3.8) is 0 Å². The molecule has 2 aliphatic heterocycles. The molecule has 7 aromatic carbocycles. The monoisotopic (exact) mass is 587 g/mol. The van der Waals surface area contributed by atoms with Gasteiger partial charge in [-0.15, -0.1) is 0 Å². The van der Waals surface area contributed by atoms with Gasteiger partial charge in [-0.05, 0) is 69.1 Å². The zero-order valence-electron chi connectivity index (χ0n) is 25.3. The second kappa shape index (κ2) is 10.7. The molecular formula is C43H30BNO. The van der Waals surface area contributed by atoms with Crippen LogP contribution in [-0.2, 0) is 5.41 Å². The van der Waals surface area contributed by atoms with Crippen LogP contribution in [0, 0.1) is 0 Å². The Hall–Kier alpha value is -5.80. The maximum atomic E-state index is 6.65. The number of hydrogen-bond acceptors (Lipinski definition) is 2. The number of nitrogens with zero attached hydrogens (tertiary/aromatic N) is 1. The molecule has 216 valence electrons. The summed E-state index contributed by atoms with van der Waals surface area (Å²) in [6, 6.07) is 65.6. The Morgan fingerprint density at radius 1 is 0.457 bits per heavy atom. The summed E-state index contributed by atoms with van der Waals surface area (Å²) in [5, 5.41) is 0. The molecule has 2 nitrogen and oxygen atoms in total. The van der Waals surface area contributed by atoms with E-state index in [2.05, 4.69) is 187 Å². The van der Waals surface area contributed by atoms with E-state index < -0.39 is 5.41 Å². The van der Waals surface area contributed by atoms with E-state index >= 15 is 0 Å². The van der Waals surface area contributed by atoms with Crippen molar-refractivity contribution in [1.82, 2.24) is 0 Å². The van der Waals surface area contributed by atoms with Gasteiger partial charge in [0.05, 0.1) is 16.8 Å². The van der Waals surface area contributed by atoms with Crippen LogP contribution in [0.2, 0.25) is 0 Å². The zero-order chi connectivity index (χ0) is 30.5. The van der Waals surface area contributed by atoms with Crippen LogP contribution >= 0.6 is 0 Å². The normalized spacial score (nSPS) is 13.9. The summed E-state index contributed by atoms with van der Waals surface area (Å²) < 4.78 is 6.65. The number of rotatable bonds is 4. The van der Waals surface area contributed by atoms with Gasteiger partial charge in [0.2, 0.25) is 0 Å². The van der Waals surface area contributed by atoms with Gasteiger partial charge in [-0.3, -0.25) is 0 Å². The first kappa shape index (κ1) is 26.6. The van der Waals surface area contributed by atoms with Crippen LogP contribution in [-0.4, -0.2) is 6.92 Å². The van der Waals surface area contributed by atoms with Crippen molar-refractivity contribution < 1.29 is 4.65 Å². The second-order valence-corrected chi connectivity index (χ2v) is 12.0. The van der Waals surface area contributed by atoms with Gasteiger partial charge in [0.1, 0.15) is 5.75 Å². The van der Waals surface area contributed by atoms with Crippen LogP contribution in [0.5, 0.6) is 5.75 Å². The van der Waals surface area contributed by atoms with Gasteiger partial charge in [-0.2, -0.15) is 0 Å². The molecule has 0 bridgehead atoms. The Morgan fingerprint density at radius 2 is 0.978 bits per heavy atom. The van der Waals surface area contributed by atoms with Crippen molar-refractivity contribution in [2.45, 2.75) is 5.41 Å². The van der Waals surface area contributed by atoms with Crippen molar-refractivity contribution in [2.75, 3.05) is 4.90 Å². The lowest BCUT2D eigenvalue weighted by atomic mass is 9.52. The molecule has 0 fully saturated rings. The third-order valence-electron chi connectivity index (χ3n) is 9.61. The summed E-state index contributed by atoms with van der Waals surface area (Å²) in [6.45, 7) is -0.176.